The van der Waals surface area contributed by atoms with Gasteiger partial charge in [-0.3, -0.25) is 25.0 Å². The number of methoxy groups -OCH3 is 3. The average Bonchev–Trinajstić information content (AvgIpc) is 3.16. The van der Waals surface area contributed by atoms with Gasteiger partial charge in [-0.05, 0) is 36.8 Å². The van der Waals surface area contributed by atoms with Crippen molar-refractivity contribution in [2.75, 3.05) is 26.2 Å². The Balaban J connectivity index is 1.81. The average molecular weight is 469 g/mol. The summed E-state index contributed by atoms with van der Waals surface area (Å²) in [5, 5.41) is 15.7. The third kappa shape index (κ3) is 3.59. The minimum Gasteiger partial charge on any atom is -0.497 e. The molecule has 2 aliphatic heterocycles. The van der Waals surface area contributed by atoms with Gasteiger partial charge in [0.1, 0.15) is 17.3 Å². The van der Waals surface area contributed by atoms with Crippen LogP contribution in [0.3, 0.4) is 0 Å². The highest BCUT2D eigenvalue weighted by molar-refractivity contribution is 6.05. The molecule has 180 valence electrons. The van der Waals surface area contributed by atoms with Crippen molar-refractivity contribution in [3.05, 3.63) is 70.3 Å². The molecule has 4 rings (SSSR count). The zero-order chi connectivity index (χ0) is 24.6. The lowest BCUT2D eigenvalue weighted by atomic mass is 9.77. The normalized spacial score (nSPS) is 30.5. The van der Waals surface area contributed by atoms with Crippen molar-refractivity contribution >= 4 is 17.6 Å². The van der Waals surface area contributed by atoms with E-state index in [1.54, 1.807) is 61.5 Å². The summed E-state index contributed by atoms with van der Waals surface area (Å²) >= 11 is 0. The highest BCUT2D eigenvalue weighted by atomic mass is 16.6. The fourth-order valence-electron chi connectivity index (χ4n) is 5.31. The smallest absolute Gasteiger partial charge is 0.326 e. The van der Waals surface area contributed by atoms with Gasteiger partial charge >= 0.3 is 5.97 Å². The lowest BCUT2D eigenvalue weighted by Crippen LogP contribution is -2.74. The lowest BCUT2D eigenvalue weighted by molar-refractivity contribution is -0.527. The third-order valence-electron chi connectivity index (χ3n) is 6.87. The molecule has 0 aromatic heterocycles. The summed E-state index contributed by atoms with van der Waals surface area (Å²) in [6.07, 6.45) is -0.904. The maximum absolute atomic E-state index is 13.0. The molecule has 10 nitrogen and oxygen atoms in total. The fraction of sp³-hybridized carbons (Fsp3) is 0.417. The molecular weight excluding hydrogens is 442 g/mol. The first-order valence-electron chi connectivity index (χ1n) is 10.8. The molecule has 34 heavy (non-hydrogen) atoms. The summed E-state index contributed by atoms with van der Waals surface area (Å²) in [6.45, 7) is 1.60. The van der Waals surface area contributed by atoms with E-state index in [9.17, 15) is 19.7 Å². The van der Waals surface area contributed by atoms with Crippen LogP contribution in [0.4, 0.5) is 5.69 Å². The Bertz CT molecular complexity index is 1080. The van der Waals surface area contributed by atoms with Crippen molar-refractivity contribution in [3.8, 4) is 5.75 Å². The molecule has 2 aromatic carbocycles. The van der Waals surface area contributed by atoms with Gasteiger partial charge in [0.05, 0.1) is 26.2 Å². The number of carbonyl (C=O) groups excluding carboxylic acids is 2. The highest BCUT2D eigenvalue weighted by Gasteiger charge is 2.68. The van der Waals surface area contributed by atoms with Crippen LogP contribution in [0.1, 0.15) is 18.4 Å². The zero-order valence-corrected chi connectivity index (χ0v) is 19.3. The standard InChI is InChI=1S/C24H27N3O7/c1-24(23(29)34-4)17(14-8-6-5-7-9-14)19(27(30)31)18(25-24)20-21(33-3)22(28)26(20)15-10-12-16(32-2)13-11-15/h5-13,17-21,25H,1-4H3/t17-,18-,19-,20+,21-,24+/m1/s1. The highest BCUT2D eigenvalue weighted by Crippen LogP contribution is 2.45. The van der Waals surface area contributed by atoms with E-state index in [0.717, 1.165) is 0 Å². The molecule has 0 spiro atoms. The number of carbonyl (C=O) groups is 2. The Kier molecular flexibility index (Phi) is 6.28. The van der Waals surface area contributed by atoms with E-state index in [-0.39, 0.29) is 10.8 Å². The number of benzene rings is 2. The van der Waals surface area contributed by atoms with Gasteiger partial charge in [-0.1, -0.05) is 30.3 Å². The minimum atomic E-state index is -1.40. The van der Waals surface area contributed by atoms with Crippen molar-refractivity contribution in [2.45, 2.75) is 42.6 Å². The number of nitrogens with zero attached hydrogens (tertiary/aromatic N) is 2. The molecule has 2 saturated heterocycles. The summed E-state index contributed by atoms with van der Waals surface area (Å²) in [5.74, 6) is -1.16. The van der Waals surface area contributed by atoms with E-state index in [2.05, 4.69) is 5.32 Å². The van der Waals surface area contributed by atoms with Crippen LogP contribution in [0.2, 0.25) is 0 Å². The van der Waals surface area contributed by atoms with Crippen molar-refractivity contribution in [3.63, 3.8) is 0 Å². The van der Waals surface area contributed by atoms with Gasteiger partial charge in [-0.2, -0.15) is 0 Å². The van der Waals surface area contributed by atoms with E-state index in [4.69, 9.17) is 14.2 Å². The maximum Gasteiger partial charge on any atom is 0.326 e. The van der Waals surface area contributed by atoms with E-state index >= 15 is 0 Å². The Morgan fingerprint density at radius 2 is 1.74 bits per heavy atom. The molecule has 2 aromatic rings. The molecule has 2 fully saturated rings. The number of ether oxygens (including phenoxy) is 3. The zero-order valence-electron chi connectivity index (χ0n) is 19.3. The minimum absolute atomic E-state index is 0.315. The quantitative estimate of drug-likeness (QED) is 0.282. The van der Waals surface area contributed by atoms with Gasteiger partial charge < -0.3 is 19.1 Å². The van der Waals surface area contributed by atoms with Crippen LogP contribution in [-0.2, 0) is 19.1 Å². The number of β-lactam (4-membered cyclic amide) rings is 1. The number of amides is 1. The largest absolute Gasteiger partial charge is 0.497 e. The van der Waals surface area contributed by atoms with Gasteiger partial charge in [0, 0.05) is 17.7 Å². The number of nitrogens with one attached hydrogen (secondary N) is 1. The molecule has 1 amide bonds. The molecule has 2 aliphatic rings. The molecule has 0 bridgehead atoms. The first-order chi connectivity index (χ1) is 16.3. The van der Waals surface area contributed by atoms with Gasteiger partial charge in [-0.25, -0.2) is 0 Å². The van der Waals surface area contributed by atoms with Crippen LogP contribution in [-0.4, -0.2) is 67.9 Å². The second-order valence-electron chi connectivity index (χ2n) is 8.58. The summed E-state index contributed by atoms with van der Waals surface area (Å²) in [5.41, 5.74) is -0.222. The number of esters is 1. The predicted molar refractivity (Wildman–Crippen MR) is 122 cm³/mol. The summed E-state index contributed by atoms with van der Waals surface area (Å²) in [6, 6.07) is 12.8. The van der Waals surface area contributed by atoms with E-state index in [0.29, 0.717) is 17.0 Å². The van der Waals surface area contributed by atoms with Crippen LogP contribution >= 0.6 is 0 Å². The van der Waals surface area contributed by atoms with Gasteiger partial charge in [0.25, 0.3) is 5.91 Å². The monoisotopic (exact) mass is 469 g/mol. The Morgan fingerprint density at radius 1 is 1.09 bits per heavy atom. The molecule has 6 atom stereocenters. The summed E-state index contributed by atoms with van der Waals surface area (Å²) in [4.78, 5) is 39.5. The van der Waals surface area contributed by atoms with Gasteiger partial charge in [-0.15, -0.1) is 0 Å². The number of hydrogen-bond acceptors (Lipinski definition) is 8. The molecule has 2 heterocycles. The van der Waals surface area contributed by atoms with E-state index < -0.39 is 41.7 Å². The number of rotatable bonds is 7. The van der Waals surface area contributed by atoms with Crippen molar-refractivity contribution in [1.29, 1.82) is 0 Å². The molecule has 0 saturated carbocycles. The molecule has 10 heteroatoms. The molecule has 0 radical (unpaired) electrons. The van der Waals surface area contributed by atoms with Gasteiger partial charge in [0.15, 0.2) is 6.10 Å². The fourth-order valence-corrected chi connectivity index (χ4v) is 5.31. The van der Waals surface area contributed by atoms with Crippen molar-refractivity contribution in [2.24, 2.45) is 0 Å². The SMILES string of the molecule is COC(=O)[C@@]1(C)N[C@@H]([C@H]2[C@@H](OC)C(=O)N2c2ccc(OC)cc2)[C@H]([N+](=O)[O-])[C@H]1c1ccccc1. The van der Waals surface area contributed by atoms with Crippen LogP contribution < -0.4 is 15.0 Å². The first kappa shape index (κ1) is 23.7. The number of hydrogen-bond donors (Lipinski definition) is 1. The summed E-state index contributed by atoms with van der Waals surface area (Å²) in [7, 11) is 4.18. The first-order valence-corrected chi connectivity index (χ1v) is 10.8. The van der Waals surface area contributed by atoms with Crippen LogP contribution in [0.5, 0.6) is 5.75 Å². The lowest BCUT2D eigenvalue weighted by Gasteiger charge is -2.49. The molecule has 0 aliphatic carbocycles. The third-order valence-corrected chi connectivity index (χ3v) is 6.87. The van der Waals surface area contributed by atoms with Crippen LogP contribution in [0, 0.1) is 10.1 Å². The Labute approximate surface area is 196 Å². The second kappa shape index (κ2) is 9.03. The Hall–Kier alpha value is -3.50. The topological polar surface area (TPSA) is 120 Å². The number of anilines is 1. The Morgan fingerprint density at radius 3 is 2.26 bits per heavy atom. The second-order valence-corrected chi connectivity index (χ2v) is 8.58. The predicted octanol–water partition coefficient (Wildman–Crippen LogP) is 1.76. The van der Waals surface area contributed by atoms with Gasteiger partial charge in [0.2, 0.25) is 6.04 Å². The van der Waals surface area contributed by atoms with E-state index in [1.807, 2.05) is 0 Å². The van der Waals surface area contributed by atoms with Crippen molar-refractivity contribution < 1.29 is 28.7 Å². The van der Waals surface area contributed by atoms with Crippen LogP contribution in [0.15, 0.2) is 54.6 Å². The molecule has 1 N–H and O–H groups in total. The number of nitro groups is 1. The molecule has 0 unspecified atom stereocenters. The van der Waals surface area contributed by atoms with Crippen molar-refractivity contribution in [1.82, 2.24) is 5.32 Å². The van der Waals surface area contributed by atoms with E-state index in [1.165, 1.54) is 26.2 Å². The summed E-state index contributed by atoms with van der Waals surface area (Å²) < 4.78 is 15.7. The molecular formula is C24H27N3O7. The maximum atomic E-state index is 13.0. The van der Waals surface area contributed by atoms with Crippen LogP contribution in [0.25, 0.3) is 0 Å².